The summed E-state index contributed by atoms with van der Waals surface area (Å²) in [6.45, 7) is 10.7. The SMILES string of the molecule is CCC(CC)CN(CC)CC(NC)C1CC1. The highest BCUT2D eigenvalue weighted by atomic mass is 15.1. The molecular weight excluding hydrogens is 196 g/mol. The van der Waals surface area contributed by atoms with Crippen LogP contribution in [0.5, 0.6) is 0 Å². The van der Waals surface area contributed by atoms with Crippen LogP contribution in [0.15, 0.2) is 0 Å². The van der Waals surface area contributed by atoms with Crippen molar-refractivity contribution >= 4 is 0 Å². The van der Waals surface area contributed by atoms with Gasteiger partial charge in [0.25, 0.3) is 0 Å². The standard InChI is InChI=1S/C14H30N2/c1-5-12(6-2)10-16(7-3)11-14(15-4)13-8-9-13/h12-15H,5-11H2,1-4H3. The summed E-state index contributed by atoms with van der Waals surface area (Å²) in [6, 6.07) is 0.731. The maximum Gasteiger partial charge on any atom is 0.0220 e. The highest BCUT2D eigenvalue weighted by molar-refractivity contribution is 4.87. The zero-order chi connectivity index (χ0) is 12.0. The smallest absolute Gasteiger partial charge is 0.0220 e. The molecule has 0 aromatic carbocycles. The molecule has 0 saturated heterocycles. The third-order valence-corrected chi connectivity index (χ3v) is 4.14. The Hall–Kier alpha value is -0.0800. The van der Waals surface area contributed by atoms with Crippen LogP contribution in [0.1, 0.15) is 46.5 Å². The summed E-state index contributed by atoms with van der Waals surface area (Å²) in [5, 5.41) is 3.50. The van der Waals surface area contributed by atoms with E-state index in [0.717, 1.165) is 17.9 Å². The molecule has 1 fully saturated rings. The number of hydrogen-bond donors (Lipinski definition) is 1. The van der Waals surface area contributed by atoms with Gasteiger partial charge in [-0.3, -0.25) is 0 Å². The van der Waals surface area contributed by atoms with Crippen LogP contribution in [0.2, 0.25) is 0 Å². The minimum atomic E-state index is 0.731. The van der Waals surface area contributed by atoms with Crippen LogP contribution in [-0.2, 0) is 0 Å². The van der Waals surface area contributed by atoms with Gasteiger partial charge in [0.1, 0.15) is 0 Å². The summed E-state index contributed by atoms with van der Waals surface area (Å²) in [5.74, 6) is 1.84. The normalized spacial score (nSPS) is 18.4. The number of rotatable bonds is 9. The van der Waals surface area contributed by atoms with Crippen molar-refractivity contribution in [1.29, 1.82) is 0 Å². The van der Waals surface area contributed by atoms with Crippen LogP contribution in [0.3, 0.4) is 0 Å². The first-order valence-electron chi connectivity index (χ1n) is 7.14. The lowest BCUT2D eigenvalue weighted by Crippen LogP contribution is -2.42. The van der Waals surface area contributed by atoms with Crippen molar-refractivity contribution in [2.75, 3.05) is 26.7 Å². The lowest BCUT2D eigenvalue weighted by atomic mass is 10.0. The Morgan fingerprint density at radius 2 is 1.75 bits per heavy atom. The van der Waals surface area contributed by atoms with E-state index in [9.17, 15) is 0 Å². The van der Waals surface area contributed by atoms with Crippen LogP contribution >= 0.6 is 0 Å². The molecule has 96 valence electrons. The summed E-state index contributed by atoms with van der Waals surface area (Å²) >= 11 is 0. The quantitative estimate of drug-likeness (QED) is 0.650. The van der Waals surface area contributed by atoms with Crippen LogP contribution in [0, 0.1) is 11.8 Å². The summed E-state index contributed by atoms with van der Waals surface area (Å²) in [5.41, 5.74) is 0. The number of nitrogens with one attached hydrogen (secondary N) is 1. The van der Waals surface area contributed by atoms with E-state index in [2.05, 4.69) is 38.0 Å². The fourth-order valence-corrected chi connectivity index (χ4v) is 2.50. The topological polar surface area (TPSA) is 15.3 Å². The predicted molar refractivity (Wildman–Crippen MR) is 71.8 cm³/mol. The van der Waals surface area contributed by atoms with Gasteiger partial charge in [-0.25, -0.2) is 0 Å². The Balaban J connectivity index is 2.34. The first kappa shape index (κ1) is 14.0. The van der Waals surface area contributed by atoms with Crippen LogP contribution < -0.4 is 5.32 Å². The fraction of sp³-hybridized carbons (Fsp3) is 1.00. The molecule has 2 heteroatoms. The minimum absolute atomic E-state index is 0.731. The molecule has 0 radical (unpaired) electrons. The van der Waals surface area contributed by atoms with Gasteiger partial charge >= 0.3 is 0 Å². The van der Waals surface area contributed by atoms with Crippen molar-refractivity contribution in [1.82, 2.24) is 10.2 Å². The third kappa shape index (κ3) is 4.42. The second kappa shape index (κ2) is 7.29. The molecule has 0 heterocycles. The Labute approximate surface area is 102 Å². The predicted octanol–water partition coefficient (Wildman–Crippen LogP) is 2.74. The minimum Gasteiger partial charge on any atom is -0.315 e. The Morgan fingerprint density at radius 3 is 2.12 bits per heavy atom. The molecule has 0 amide bonds. The van der Waals surface area contributed by atoms with Gasteiger partial charge in [0.15, 0.2) is 0 Å². The highest BCUT2D eigenvalue weighted by Gasteiger charge is 2.31. The molecule has 0 aliphatic heterocycles. The second-order valence-corrected chi connectivity index (χ2v) is 5.27. The van der Waals surface area contributed by atoms with E-state index in [0.29, 0.717) is 0 Å². The molecule has 0 spiro atoms. The van der Waals surface area contributed by atoms with E-state index < -0.39 is 0 Å². The Kier molecular flexibility index (Phi) is 6.37. The summed E-state index contributed by atoms with van der Waals surface area (Å²) in [7, 11) is 2.12. The summed E-state index contributed by atoms with van der Waals surface area (Å²) < 4.78 is 0. The van der Waals surface area contributed by atoms with Gasteiger partial charge in [-0.15, -0.1) is 0 Å². The molecule has 0 bridgehead atoms. The van der Waals surface area contributed by atoms with Gasteiger partial charge < -0.3 is 10.2 Å². The molecule has 1 aliphatic rings. The van der Waals surface area contributed by atoms with Gasteiger partial charge in [0.05, 0.1) is 0 Å². The second-order valence-electron chi connectivity index (χ2n) is 5.27. The summed E-state index contributed by atoms with van der Waals surface area (Å²) in [4.78, 5) is 2.64. The molecule has 0 aromatic rings. The monoisotopic (exact) mass is 226 g/mol. The molecular formula is C14H30N2. The van der Waals surface area contributed by atoms with Gasteiger partial charge in [0, 0.05) is 19.1 Å². The lowest BCUT2D eigenvalue weighted by molar-refractivity contribution is 0.206. The van der Waals surface area contributed by atoms with Crippen molar-refractivity contribution in [2.45, 2.75) is 52.5 Å². The average Bonchev–Trinajstić information content (AvgIpc) is 3.14. The third-order valence-electron chi connectivity index (χ3n) is 4.14. The lowest BCUT2D eigenvalue weighted by Gasteiger charge is -2.29. The van der Waals surface area contributed by atoms with Crippen molar-refractivity contribution < 1.29 is 0 Å². The van der Waals surface area contributed by atoms with Gasteiger partial charge in [-0.1, -0.05) is 33.6 Å². The fourth-order valence-electron chi connectivity index (χ4n) is 2.50. The largest absolute Gasteiger partial charge is 0.315 e. The summed E-state index contributed by atoms with van der Waals surface area (Å²) in [6.07, 6.45) is 5.52. The first-order valence-corrected chi connectivity index (χ1v) is 7.14. The molecule has 1 N–H and O–H groups in total. The molecule has 1 unspecified atom stereocenters. The van der Waals surface area contributed by atoms with Crippen molar-refractivity contribution in [3.63, 3.8) is 0 Å². The Morgan fingerprint density at radius 1 is 1.12 bits per heavy atom. The van der Waals surface area contributed by atoms with E-state index in [1.807, 2.05) is 0 Å². The molecule has 1 aliphatic carbocycles. The average molecular weight is 226 g/mol. The molecule has 0 aromatic heterocycles. The zero-order valence-corrected chi connectivity index (χ0v) is 11.6. The van der Waals surface area contributed by atoms with Crippen molar-refractivity contribution in [3.8, 4) is 0 Å². The van der Waals surface area contributed by atoms with E-state index in [4.69, 9.17) is 0 Å². The van der Waals surface area contributed by atoms with Crippen LogP contribution in [0.25, 0.3) is 0 Å². The van der Waals surface area contributed by atoms with E-state index in [1.165, 1.54) is 45.3 Å². The maximum absolute atomic E-state index is 3.50. The molecule has 1 saturated carbocycles. The molecule has 1 atom stereocenters. The number of nitrogens with zero attached hydrogens (tertiary/aromatic N) is 1. The van der Waals surface area contributed by atoms with Crippen molar-refractivity contribution in [3.05, 3.63) is 0 Å². The number of likely N-dealkylation sites (N-methyl/N-ethyl adjacent to an activating group) is 2. The van der Waals surface area contributed by atoms with E-state index >= 15 is 0 Å². The number of hydrogen-bond acceptors (Lipinski definition) is 2. The first-order chi connectivity index (χ1) is 7.74. The molecule has 1 rings (SSSR count). The van der Waals surface area contributed by atoms with E-state index in [1.54, 1.807) is 0 Å². The van der Waals surface area contributed by atoms with Gasteiger partial charge in [0.2, 0.25) is 0 Å². The van der Waals surface area contributed by atoms with E-state index in [-0.39, 0.29) is 0 Å². The van der Waals surface area contributed by atoms with Crippen LogP contribution in [0.4, 0.5) is 0 Å². The molecule has 2 nitrogen and oxygen atoms in total. The highest BCUT2D eigenvalue weighted by Crippen LogP contribution is 2.32. The van der Waals surface area contributed by atoms with Crippen molar-refractivity contribution in [2.24, 2.45) is 11.8 Å². The van der Waals surface area contributed by atoms with Gasteiger partial charge in [-0.2, -0.15) is 0 Å². The van der Waals surface area contributed by atoms with Crippen LogP contribution in [-0.4, -0.2) is 37.6 Å². The maximum atomic E-state index is 3.50. The zero-order valence-electron chi connectivity index (χ0n) is 11.6. The Bertz CT molecular complexity index is 174. The van der Waals surface area contributed by atoms with Gasteiger partial charge in [-0.05, 0) is 38.3 Å². The molecule has 16 heavy (non-hydrogen) atoms.